The molecule has 23 heavy (non-hydrogen) atoms. The number of furan rings is 1. The lowest BCUT2D eigenvalue weighted by molar-refractivity contribution is 0.414. The van der Waals surface area contributed by atoms with Crippen LogP contribution in [0.15, 0.2) is 47.1 Å². The lowest BCUT2D eigenvalue weighted by Crippen LogP contribution is -2.31. The van der Waals surface area contributed by atoms with Crippen molar-refractivity contribution in [3.05, 3.63) is 48.4 Å². The fourth-order valence-corrected chi connectivity index (χ4v) is 2.68. The Kier molecular flexibility index (Phi) is 4.09. The minimum atomic E-state index is -0.116. The Morgan fingerprint density at radius 1 is 1.22 bits per heavy atom. The average molecular weight is 328 g/mol. The van der Waals surface area contributed by atoms with Gasteiger partial charge in [-0.3, -0.25) is 0 Å². The van der Waals surface area contributed by atoms with Gasteiger partial charge in [0.15, 0.2) is 5.11 Å². The van der Waals surface area contributed by atoms with Gasteiger partial charge in [-0.05, 0) is 57.3 Å². The predicted octanol–water partition coefficient (Wildman–Crippen LogP) is 3.87. The third-order valence-corrected chi connectivity index (χ3v) is 3.71. The van der Waals surface area contributed by atoms with Crippen LogP contribution in [-0.2, 0) is 12.1 Å². The van der Waals surface area contributed by atoms with Crippen LogP contribution in [0.3, 0.4) is 0 Å². The monoisotopic (exact) mass is 328 g/mol. The van der Waals surface area contributed by atoms with Crippen molar-refractivity contribution in [2.75, 3.05) is 5.32 Å². The molecule has 0 aliphatic rings. The third kappa shape index (κ3) is 3.37. The highest BCUT2D eigenvalue weighted by Crippen LogP contribution is 2.27. The van der Waals surface area contributed by atoms with Crippen LogP contribution in [0.4, 0.5) is 5.95 Å². The van der Waals surface area contributed by atoms with Gasteiger partial charge in [0.05, 0.1) is 23.8 Å². The molecule has 3 rings (SSSR count). The molecule has 0 amide bonds. The number of anilines is 1. The van der Waals surface area contributed by atoms with E-state index in [1.165, 1.54) is 0 Å². The van der Waals surface area contributed by atoms with Gasteiger partial charge in [-0.1, -0.05) is 12.1 Å². The molecule has 2 aromatic heterocycles. The Balaban J connectivity index is 1.83. The molecule has 0 unspecified atom stereocenters. The number of para-hydroxylation sites is 2. The van der Waals surface area contributed by atoms with Crippen molar-refractivity contribution in [2.24, 2.45) is 0 Å². The number of imidazole rings is 1. The summed E-state index contributed by atoms with van der Waals surface area (Å²) < 4.78 is 7.45. The fourth-order valence-electron chi connectivity index (χ4n) is 2.52. The van der Waals surface area contributed by atoms with Crippen LogP contribution in [0.25, 0.3) is 11.0 Å². The smallest absolute Gasteiger partial charge is 0.210 e. The summed E-state index contributed by atoms with van der Waals surface area (Å²) in [6, 6.07) is 11.8. The Bertz CT molecular complexity index is 815. The van der Waals surface area contributed by atoms with Crippen LogP contribution in [0, 0.1) is 0 Å². The molecule has 0 bridgehead atoms. The summed E-state index contributed by atoms with van der Waals surface area (Å²) in [4.78, 5) is 4.67. The Hall–Kier alpha value is -2.34. The topological polar surface area (TPSA) is 55.0 Å². The number of rotatable bonds is 3. The molecule has 0 atom stereocenters. The number of benzene rings is 1. The van der Waals surface area contributed by atoms with E-state index in [4.69, 9.17) is 16.6 Å². The number of fused-ring (bicyclic) bond motifs is 1. The molecule has 0 aliphatic carbocycles. The van der Waals surface area contributed by atoms with Crippen LogP contribution in [0.5, 0.6) is 0 Å². The number of thiocarbonyl (C=S) groups is 1. The molecule has 6 heteroatoms. The van der Waals surface area contributed by atoms with Gasteiger partial charge < -0.3 is 19.6 Å². The molecule has 3 aromatic rings. The van der Waals surface area contributed by atoms with Crippen molar-refractivity contribution in [1.82, 2.24) is 14.9 Å². The first-order valence-electron chi connectivity index (χ1n) is 7.50. The summed E-state index contributed by atoms with van der Waals surface area (Å²) in [5.74, 6) is 1.56. The maximum Gasteiger partial charge on any atom is 0.210 e. The summed E-state index contributed by atoms with van der Waals surface area (Å²) in [5.41, 5.74) is 1.91. The highest BCUT2D eigenvalue weighted by Gasteiger charge is 2.21. The highest BCUT2D eigenvalue weighted by molar-refractivity contribution is 7.80. The van der Waals surface area contributed by atoms with Gasteiger partial charge in [0, 0.05) is 5.54 Å². The lowest BCUT2D eigenvalue weighted by atomic mass is 10.1. The molecule has 5 nitrogen and oxygen atoms in total. The van der Waals surface area contributed by atoms with Crippen molar-refractivity contribution in [1.29, 1.82) is 0 Å². The Morgan fingerprint density at radius 2 is 2.00 bits per heavy atom. The number of nitrogens with one attached hydrogen (secondary N) is 2. The van der Waals surface area contributed by atoms with E-state index >= 15 is 0 Å². The van der Waals surface area contributed by atoms with Crippen molar-refractivity contribution in [2.45, 2.75) is 32.9 Å². The first kappa shape index (κ1) is 15.6. The SMILES string of the molecule is CC(C)(C)n1c(NC(=S)NCc2ccco2)nc2ccccc21. The second-order valence-corrected chi connectivity index (χ2v) is 6.73. The van der Waals surface area contributed by atoms with Gasteiger partial charge in [0.2, 0.25) is 5.95 Å². The van der Waals surface area contributed by atoms with Gasteiger partial charge in [0.25, 0.3) is 0 Å². The van der Waals surface area contributed by atoms with E-state index in [0.717, 1.165) is 22.7 Å². The predicted molar refractivity (Wildman–Crippen MR) is 96.5 cm³/mol. The maximum absolute atomic E-state index is 5.38. The average Bonchev–Trinajstić information content (AvgIpc) is 3.11. The number of hydrogen-bond donors (Lipinski definition) is 2. The van der Waals surface area contributed by atoms with Gasteiger partial charge in [-0.25, -0.2) is 4.98 Å². The van der Waals surface area contributed by atoms with E-state index in [1.807, 2.05) is 30.3 Å². The molecule has 0 saturated carbocycles. The zero-order chi connectivity index (χ0) is 16.4. The fraction of sp³-hybridized carbons (Fsp3) is 0.294. The van der Waals surface area contributed by atoms with Crippen molar-refractivity contribution in [3.8, 4) is 0 Å². The molecule has 120 valence electrons. The van der Waals surface area contributed by atoms with Gasteiger partial charge in [0.1, 0.15) is 5.76 Å². The molecule has 2 heterocycles. The van der Waals surface area contributed by atoms with Crippen LogP contribution in [-0.4, -0.2) is 14.7 Å². The van der Waals surface area contributed by atoms with Crippen molar-refractivity contribution >= 4 is 34.3 Å². The quantitative estimate of drug-likeness (QED) is 0.715. The number of hydrogen-bond acceptors (Lipinski definition) is 3. The summed E-state index contributed by atoms with van der Waals surface area (Å²) in [7, 11) is 0. The molecule has 0 saturated heterocycles. The Morgan fingerprint density at radius 3 is 2.70 bits per heavy atom. The van der Waals surface area contributed by atoms with Gasteiger partial charge >= 0.3 is 0 Å². The third-order valence-electron chi connectivity index (χ3n) is 3.46. The van der Waals surface area contributed by atoms with Crippen LogP contribution >= 0.6 is 12.2 Å². The standard InChI is InChI=1S/C17H20N4OS/c1-17(2,3)21-14-9-5-4-8-13(14)19-15(21)20-16(23)18-11-12-7-6-10-22-12/h4-10H,11H2,1-3H3,(H2,18,19,20,23). The minimum Gasteiger partial charge on any atom is -0.467 e. The highest BCUT2D eigenvalue weighted by atomic mass is 32.1. The molecular weight excluding hydrogens is 308 g/mol. The van der Waals surface area contributed by atoms with Crippen molar-refractivity contribution < 1.29 is 4.42 Å². The molecule has 0 spiro atoms. The molecule has 0 fully saturated rings. The molecule has 0 aliphatic heterocycles. The summed E-state index contributed by atoms with van der Waals surface area (Å²) in [6.45, 7) is 6.97. The minimum absolute atomic E-state index is 0.116. The lowest BCUT2D eigenvalue weighted by Gasteiger charge is -2.25. The van der Waals surface area contributed by atoms with Crippen LogP contribution in [0.1, 0.15) is 26.5 Å². The molecule has 2 N–H and O–H groups in total. The second kappa shape index (κ2) is 6.04. The van der Waals surface area contributed by atoms with Crippen LogP contribution in [0.2, 0.25) is 0 Å². The zero-order valence-corrected chi connectivity index (χ0v) is 14.3. The van der Waals surface area contributed by atoms with E-state index < -0.39 is 0 Å². The van der Waals surface area contributed by atoms with Crippen molar-refractivity contribution in [3.63, 3.8) is 0 Å². The Labute approximate surface area is 140 Å². The molecule has 0 radical (unpaired) electrons. The number of nitrogens with zero attached hydrogens (tertiary/aromatic N) is 2. The van der Waals surface area contributed by atoms with E-state index in [-0.39, 0.29) is 5.54 Å². The summed E-state index contributed by atoms with van der Waals surface area (Å²) >= 11 is 5.38. The van der Waals surface area contributed by atoms with Crippen LogP contribution < -0.4 is 10.6 Å². The molecular formula is C17H20N4OS. The summed E-state index contributed by atoms with van der Waals surface area (Å²) in [5, 5.41) is 6.85. The van der Waals surface area contributed by atoms with E-state index in [9.17, 15) is 0 Å². The zero-order valence-electron chi connectivity index (χ0n) is 13.5. The summed E-state index contributed by atoms with van der Waals surface area (Å²) in [6.07, 6.45) is 1.65. The van der Waals surface area contributed by atoms with E-state index in [1.54, 1.807) is 6.26 Å². The van der Waals surface area contributed by atoms with Gasteiger partial charge in [-0.15, -0.1) is 0 Å². The number of aromatic nitrogens is 2. The maximum atomic E-state index is 5.38. The largest absolute Gasteiger partial charge is 0.467 e. The van der Waals surface area contributed by atoms with E-state index in [0.29, 0.717) is 11.7 Å². The van der Waals surface area contributed by atoms with Gasteiger partial charge in [-0.2, -0.15) is 0 Å². The normalized spacial score (nSPS) is 11.6. The first-order valence-corrected chi connectivity index (χ1v) is 7.91. The molecule has 1 aromatic carbocycles. The second-order valence-electron chi connectivity index (χ2n) is 6.32. The first-order chi connectivity index (χ1) is 10.9. The van der Waals surface area contributed by atoms with E-state index in [2.05, 4.69) is 47.0 Å².